The van der Waals surface area contributed by atoms with E-state index < -0.39 is 15.6 Å². The molecule has 0 aliphatic heterocycles. The van der Waals surface area contributed by atoms with Gasteiger partial charge >= 0.3 is 0 Å². The average molecular weight is 280 g/mol. The zero-order valence-electron chi connectivity index (χ0n) is 11.4. The highest BCUT2D eigenvalue weighted by Crippen LogP contribution is 2.05. The number of oxime groups is 1. The third-order valence-corrected chi connectivity index (χ3v) is 3.29. The van der Waals surface area contributed by atoms with E-state index in [2.05, 4.69) is 15.2 Å². The van der Waals surface area contributed by atoms with Gasteiger partial charge in [0.05, 0.1) is 6.26 Å². The van der Waals surface area contributed by atoms with Crippen molar-refractivity contribution in [1.29, 1.82) is 0 Å². The van der Waals surface area contributed by atoms with Crippen molar-refractivity contribution >= 4 is 15.9 Å². The first-order valence-corrected chi connectivity index (χ1v) is 7.67. The molecule has 0 saturated carbocycles. The number of nitrogens with zero attached hydrogens (tertiary/aromatic N) is 1. The highest BCUT2D eigenvalue weighted by molar-refractivity contribution is 7.88. The van der Waals surface area contributed by atoms with E-state index in [1.807, 2.05) is 6.92 Å². The summed E-state index contributed by atoms with van der Waals surface area (Å²) in [4.78, 5) is 0. The molecular formula is C10H24N4O3S. The Labute approximate surface area is 109 Å². The van der Waals surface area contributed by atoms with Crippen molar-refractivity contribution in [3.63, 3.8) is 0 Å². The van der Waals surface area contributed by atoms with Crippen LogP contribution in [0.1, 0.15) is 33.6 Å². The summed E-state index contributed by atoms with van der Waals surface area (Å²) in [5.41, 5.74) is 4.85. The molecule has 0 amide bonds. The summed E-state index contributed by atoms with van der Waals surface area (Å²) in [6.45, 7) is 6.01. The van der Waals surface area contributed by atoms with Crippen LogP contribution < -0.4 is 15.8 Å². The summed E-state index contributed by atoms with van der Waals surface area (Å²) in [7, 11) is -3.24. The summed E-state index contributed by atoms with van der Waals surface area (Å²) < 4.78 is 24.9. The maximum Gasteiger partial charge on any atom is 0.209 e. The number of hydrogen-bond donors (Lipinski definition) is 4. The lowest BCUT2D eigenvalue weighted by Crippen LogP contribution is -2.52. The molecule has 0 rings (SSSR count). The first-order valence-electron chi connectivity index (χ1n) is 5.78. The smallest absolute Gasteiger partial charge is 0.209 e. The van der Waals surface area contributed by atoms with Crippen LogP contribution in [0.3, 0.4) is 0 Å². The second kappa shape index (κ2) is 6.91. The van der Waals surface area contributed by atoms with Gasteiger partial charge in [0.2, 0.25) is 10.0 Å². The fourth-order valence-corrected chi connectivity index (χ4v) is 2.67. The SMILES string of the molecule is CCC(CC(N)=NO)NCC(C)(C)NS(C)(=O)=O. The number of nitrogens with one attached hydrogen (secondary N) is 2. The molecule has 0 aromatic rings. The molecule has 0 aromatic carbocycles. The van der Waals surface area contributed by atoms with Crippen LogP contribution in [0.2, 0.25) is 0 Å². The fourth-order valence-electron chi connectivity index (χ4n) is 1.59. The molecule has 0 heterocycles. The van der Waals surface area contributed by atoms with Gasteiger partial charge in [0.1, 0.15) is 5.84 Å². The summed E-state index contributed by atoms with van der Waals surface area (Å²) in [6.07, 6.45) is 2.34. The van der Waals surface area contributed by atoms with E-state index in [1.54, 1.807) is 13.8 Å². The van der Waals surface area contributed by atoms with Gasteiger partial charge in [-0.1, -0.05) is 12.1 Å². The van der Waals surface area contributed by atoms with E-state index in [4.69, 9.17) is 10.9 Å². The monoisotopic (exact) mass is 280 g/mol. The molecule has 5 N–H and O–H groups in total. The Morgan fingerprint density at radius 2 is 2.06 bits per heavy atom. The molecule has 0 saturated heterocycles. The third-order valence-electron chi connectivity index (χ3n) is 2.37. The normalized spacial score (nSPS) is 15.7. The molecule has 1 unspecified atom stereocenters. The van der Waals surface area contributed by atoms with Gasteiger partial charge in [-0.25, -0.2) is 13.1 Å². The molecule has 18 heavy (non-hydrogen) atoms. The van der Waals surface area contributed by atoms with Crippen LogP contribution in [0.25, 0.3) is 0 Å². The average Bonchev–Trinajstić information content (AvgIpc) is 2.20. The van der Waals surface area contributed by atoms with E-state index in [1.165, 1.54) is 0 Å². The highest BCUT2D eigenvalue weighted by Gasteiger charge is 2.23. The van der Waals surface area contributed by atoms with Crippen molar-refractivity contribution in [1.82, 2.24) is 10.0 Å². The van der Waals surface area contributed by atoms with Crippen LogP contribution in [0, 0.1) is 0 Å². The van der Waals surface area contributed by atoms with Crippen molar-refractivity contribution in [2.45, 2.75) is 45.2 Å². The first-order chi connectivity index (χ1) is 8.09. The molecule has 7 nitrogen and oxygen atoms in total. The largest absolute Gasteiger partial charge is 0.409 e. The number of sulfonamides is 1. The molecule has 0 aliphatic rings. The van der Waals surface area contributed by atoms with Crippen molar-refractivity contribution < 1.29 is 13.6 Å². The topological polar surface area (TPSA) is 117 Å². The van der Waals surface area contributed by atoms with Crippen LogP contribution in [0.4, 0.5) is 0 Å². The van der Waals surface area contributed by atoms with Crippen molar-refractivity contribution in [2.75, 3.05) is 12.8 Å². The Bertz CT molecular complexity index is 379. The zero-order chi connectivity index (χ0) is 14.4. The van der Waals surface area contributed by atoms with Gasteiger partial charge in [-0.15, -0.1) is 0 Å². The zero-order valence-corrected chi connectivity index (χ0v) is 12.2. The van der Waals surface area contributed by atoms with E-state index in [0.717, 1.165) is 12.7 Å². The lowest BCUT2D eigenvalue weighted by molar-refractivity contribution is 0.314. The molecule has 0 aliphatic carbocycles. The maximum atomic E-state index is 11.2. The second-order valence-electron chi connectivity index (χ2n) is 5.04. The van der Waals surface area contributed by atoms with Gasteiger partial charge in [-0.3, -0.25) is 0 Å². The summed E-state index contributed by atoms with van der Waals surface area (Å²) in [5.74, 6) is 0.156. The Morgan fingerprint density at radius 1 is 1.50 bits per heavy atom. The molecular weight excluding hydrogens is 256 g/mol. The minimum atomic E-state index is -3.24. The van der Waals surface area contributed by atoms with Gasteiger partial charge in [-0.05, 0) is 20.3 Å². The minimum absolute atomic E-state index is 0.0431. The molecule has 0 spiro atoms. The number of rotatable bonds is 8. The van der Waals surface area contributed by atoms with Gasteiger partial charge in [0, 0.05) is 24.5 Å². The van der Waals surface area contributed by atoms with E-state index in [9.17, 15) is 8.42 Å². The van der Waals surface area contributed by atoms with Crippen molar-refractivity contribution in [3.8, 4) is 0 Å². The molecule has 0 fully saturated rings. The summed E-state index contributed by atoms with van der Waals surface area (Å²) in [6, 6.07) is 0.0431. The minimum Gasteiger partial charge on any atom is -0.409 e. The van der Waals surface area contributed by atoms with Crippen molar-refractivity contribution in [3.05, 3.63) is 0 Å². The predicted molar refractivity (Wildman–Crippen MR) is 72.2 cm³/mol. The Kier molecular flexibility index (Phi) is 6.58. The Balaban J connectivity index is 4.35. The van der Waals surface area contributed by atoms with Crippen LogP contribution >= 0.6 is 0 Å². The molecule has 108 valence electrons. The first kappa shape index (κ1) is 17.1. The number of amidine groups is 1. The van der Waals surface area contributed by atoms with E-state index in [-0.39, 0.29) is 11.9 Å². The van der Waals surface area contributed by atoms with Gasteiger partial charge in [-0.2, -0.15) is 0 Å². The molecule has 8 heteroatoms. The highest BCUT2D eigenvalue weighted by atomic mass is 32.2. The second-order valence-corrected chi connectivity index (χ2v) is 6.79. The van der Waals surface area contributed by atoms with Gasteiger partial charge in [0.25, 0.3) is 0 Å². The van der Waals surface area contributed by atoms with Gasteiger partial charge in [0.15, 0.2) is 0 Å². The van der Waals surface area contributed by atoms with Crippen LogP contribution in [-0.2, 0) is 10.0 Å². The standard InChI is InChI=1S/C10H24N4O3S/c1-5-8(6-9(11)13-15)12-7-10(2,3)14-18(4,16)17/h8,12,14-15H,5-7H2,1-4H3,(H2,11,13). The van der Waals surface area contributed by atoms with Gasteiger partial charge < -0.3 is 16.3 Å². The Morgan fingerprint density at radius 3 is 2.44 bits per heavy atom. The lowest BCUT2D eigenvalue weighted by atomic mass is 10.1. The third kappa shape index (κ3) is 8.26. The summed E-state index contributed by atoms with van der Waals surface area (Å²) in [5, 5.41) is 14.6. The predicted octanol–water partition coefficient (Wildman–Crippen LogP) is -0.181. The van der Waals surface area contributed by atoms with Crippen LogP contribution in [-0.4, -0.2) is 43.8 Å². The quantitative estimate of drug-likeness (QED) is 0.213. The maximum absolute atomic E-state index is 11.2. The molecule has 0 aromatic heterocycles. The number of nitrogens with two attached hydrogens (primary N) is 1. The van der Waals surface area contributed by atoms with Crippen LogP contribution in [0.15, 0.2) is 5.16 Å². The van der Waals surface area contributed by atoms with E-state index in [0.29, 0.717) is 13.0 Å². The van der Waals surface area contributed by atoms with Crippen LogP contribution in [0.5, 0.6) is 0 Å². The van der Waals surface area contributed by atoms with Crippen molar-refractivity contribution in [2.24, 2.45) is 10.9 Å². The number of hydrogen-bond acceptors (Lipinski definition) is 5. The fraction of sp³-hybridized carbons (Fsp3) is 0.900. The summed E-state index contributed by atoms with van der Waals surface area (Å²) >= 11 is 0. The Hall–Kier alpha value is -0.860. The lowest BCUT2D eigenvalue weighted by Gasteiger charge is -2.28. The molecule has 0 radical (unpaired) electrons. The molecule has 1 atom stereocenters. The van der Waals surface area contributed by atoms with E-state index >= 15 is 0 Å². The molecule has 0 bridgehead atoms.